The lowest BCUT2D eigenvalue weighted by Crippen LogP contribution is -2.48. The van der Waals surface area contributed by atoms with Crippen LogP contribution in [0.3, 0.4) is 0 Å². The monoisotopic (exact) mass is 178 g/mol. The molecule has 4 rings (SSSR count). The molecule has 0 spiro atoms. The highest BCUT2D eigenvalue weighted by molar-refractivity contribution is 5.83. The van der Waals surface area contributed by atoms with E-state index in [1.807, 2.05) is 0 Å². The molecule has 4 aliphatic carbocycles. The fourth-order valence-electron chi connectivity index (χ4n) is 4.54. The third-order valence-corrected chi connectivity index (χ3v) is 5.24. The van der Waals surface area contributed by atoms with E-state index in [4.69, 9.17) is 0 Å². The van der Waals surface area contributed by atoms with Crippen LogP contribution in [0.25, 0.3) is 0 Å². The van der Waals surface area contributed by atoms with Crippen LogP contribution in [0.1, 0.15) is 46.0 Å². The molecule has 0 saturated heterocycles. The summed E-state index contributed by atoms with van der Waals surface area (Å²) in [6.07, 6.45) is 6.05. The minimum absolute atomic E-state index is 0.433. The molecule has 0 aromatic rings. The van der Waals surface area contributed by atoms with E-state index in [0.717, 1.165) is 12.3 Å². The molecule has 4 bridgehead atoms. The first-order valence-electron chi connectivity index (χ1n) is 5.56. The maximum Gasteiger partial charge on any atom is 0.136 e. The summed E-state index contributed by atoms with van der Waals surface area (Å²) in [5, 5.41) is 0. The van der Waals surface area contributed by atoms with Crippen molar-refractivity contribution < 1.29 is 4.79 Å². The number of carbonyl (C=O) groups is 1. The Bertz CT molecular complexity index is 263. The Balaban J connectivity index is 2.07. The number of Topliss-reactive ketones (excluding diaryl/α,β-unsaturated/α-hetero) is 1. The van der Waals surface area contributed by atoms with Crippen LogP contribution in [0, 0.1) is 22.7 Å². The van der Waals surface area contributed by atoms with Crippen molar-refractivity contribution in [2.45, 2.75) is 46.0 Å². The number of hydrogen-bond donors (Lipinski definition) is 0. The van der Waals surface area contributed by atoms with E-state index in [2.05, 4.69) is 13.8 Å². The van der Waals surface area contributed by atoms with Crippen LogP contribution in [0.2, 0.25) is 0 Å². The zero-order chi connectivity index (χ0) is 9.27. The van der Waals surface area contributed by atoms with Crippen molar-refractivity contribution in [3.63, 3.8) is 0 Å². The maximum atomic E-state index is 11.7. The summed E-state index contributed by atoms with van der Waals surface area (Å²) in [6.45, 7) is 4.84. The quantitative estimate of drug-likeness (QED) is 0.557. The Morgan fingerprint density at radius 3 is 2.15 bits per heavy atom. The lowest BCUT2D eigenvalue weighted by molar-refractivity contribution is -0.141. The predicted molar refractivity (Wildman–Crippen MR) is 51.3 cm³/mol. The summed E-state index contributed by atoms with van der Waals surface area (Å²) in [6, 6.07) is 0. The Labute approximate surface area is 79.9 Å². The Morgan fingerprint density at radius 1 is 1.15 bits per heavy atom. The van der Waals surface area contributed by atoms with Crippen molar-refractivity contribution in [3.05, 3.63) is 0 Å². The molecule has 1 nitrogen and oxygen atoms in total. The topological polar surface area (TPSA) is 17.1 Å². The summed E-state index contributed by atoms with van der Waals surface area (Å²) in [7, 11) is 0. The van der Waals surface area contributed by atoms with Gasteiger partial charge in [-0.05, 0) is 42.4 Å². The van der Waals surface area contributed by atoms with E-state index in [-0.39, 0.29) is 0 Å². The summed E-state index contributed by atoms with van der Waals surface area (Å²) in [4.78, 5) is 11.7. The van der Waals surface area contributed by atoms with Gasteiger partial charge < -0.3 is 0 Å². The molecule has 72 valence electrons. The van der Waals surface area contributed by atoms with Crippen molar-refractivity contribution in [1.29, 1.82) is 0 Å². The van der Waals surface area contributed by atoms with Gasteiger partial charge in [0.2, 0.25) is 0 Å². The molecule has 0 aliphatic heterocycles. The van der Waals surface area contributed by atoms with E-state index >= 15 is 0 Å². The molecule has 4 aliphatic rings. The minimum atomic E-state index is 0.433. The van der Waals surface area contributed by atoms with Gasteiger partial charge in [-0.25, -0.2) is 0 Å². The summed E-state index contributed by atoms with van der Waals surface area (Å²) < 4.78 is 0. The highest BCUT2D eigenvalue weighted by Gasteiger charge is 2.61. The van der Waals surface area contributed by atoms with Crippen LogP contribution in [0.15, 0.2) is 0 Å². The molecule has 0 heterocycles. The maximum absolute atomic E-state index is 11.7. The molecule has 2 atom stereocenters. The minimum Gasteiger partial charge on any atom is -0.299 e. The van der Waals surface area contributed by atoms with Gasteiger partial charge in [0, 0.05) is 12.3 Å². The fraction of sp³-hybridized carbons (Fsp3) is 0.917. The normalized spacial score (nSPS) is 58.8. The highest BCUT2D eigenvalue weighted by atomic mass is 16.1. The van der Waals surface area contributed by atoms with Crippen LogP contribution < -0.4 is 0 Å². The summed E-state index contributed by atoms with van der Waals surface area (Å²) in [5.41, 5.74) is 1.07. The van der Waals surface area contributed by atoms with Crippen molar-refractivity contribution in [3.8, 4) is 0 Å². The molecule has 0 radical (unpaired) electrons. The van der Waals surface area contributed by atoms with Crippen LogP contribution in [-0.2, 0) is 4.79 Å². The average Bonchev–Trinajstić information content (AvgIpc) is 2.25. The van der Waals surface area contributed by atoms with Crippen molar-refractivity contribution in [2.24, 2.45) is 22.7 Å². The molecular weight excluding hydrogens is 160 g/mol. The van der Waals surface area contributed by atoms with Crippen molar-refractivity contribution in [2.75, 3.05) is 0 Å². The smallest absolute Gasteiger partial charge is 0.136 e. The fourth-order valence-corrected chi connectivity index (χ4v) is 4.54. The van der Waals surface area contributed by atoms with E-state index in [0.29, 0.717) is 22.5 Å². The van der Waals surface area contributed by atoms with Gasteiger partial charge in [0.05, 0.1) is 0 Å². The third-order valence-electron chi connectivity index (χ3n) is 5.24. The highest BCUT2D eigenvalue weighted by Crippen LogP contribution is 2.67. The Hall–Kier alpha value is -0.330. The van der Waals surface area contributed by atoms with E-state index in [9.17, 15) is 4.79 Å². The number of hydrogen-bond acceptors (Lipinski definition) is 1. The zero-order valence-electron chi connectivity index (χ0n) is 8.60. The standard InChI is InChI=1S/C12H18O/c1-11-3-4-12(2)7-8(6-11)9(13)5-10(11)12/h8,10H,3-7H2,1-2H3. The van der Waals surface area contributed by atoms with Crippen molar-refractivity contribution in [1.82, 2.24) is 0 Å². The molecule has 4 saturated carbocycles. The summed E-state index contributed by atoms with van der Waals surface area (Å²) >= 11 is 0. The molecule has 13 heavy (non-hydrogen) atoms. The van der Waals surface area contributed by atoms with Gasteiger partial charge in [0.1, 0.15) is 5.78 Å². The van der Waals surface area contributed by atoms with Crippen LogP contribution >= 0.6 is 0 Å². The first-order chi connectivity index (χ1) is 6.04. The Morgan fingerprint density at radius 2 is 1.69 bits per heavy atom. The zero-order valence-corrected chi connectivity index (χ0v) is 8.60. The second kappa shape index (κ2) is 2.02. The van der Waals surface area contributed by atoms with Gasteiger partial charge in [-0.2, -0.15) is 0 Å². The SMILES string of the molecule is CC12CCC3(C)CC(C1)C(=O)CC23. The summed E-state index contributed by atoms with van der Waals surface area (Å²) in [5.74, 6) is 1.72. The number of fused-ring (bicyclic) bond motifs is 1. The molecule has 2 unspecified atom stereocenters. The Kier molecular flexibility index (Phi) is 1.24. The van der Waals surface area contributed by atoms with E-state index in [1.165, 1.54) is 25.7 Å². The van der Waals surface area contributed by atoms with Crippen LogP contribution in [-0.4, -0.2) is 5.78 Å². The molecule has 4 fully saturated rings. The van der Waals surface area contributed by atoms with Crippen LogP contribution in [0.5, 0.6) is 0 Å². The van der Waals surface area contributed by atoms with E-state index < -0.39 is 0 Å². The first kappa shape index (κ1) is 8.02. The van der Waals surface area contributed by atoms with E-state index in [1.54, 1.807) is 0 Å². The average molecular weight is 178 g/mol. The molecular formula is C12H18O. The second-order valence-corrected chi connectivity index (χ2v) is 6.14. The number of rotatable bonds is 0. The van der Waals surface area contributed by atoms with Gasteiger partial charge >= 0.3 is 0 Å². The molecule has 0 N–H and O–H groups in total. The molecule has 1 heteroatoms. The number of ketones is 1. The first-order valence-corrected chi connectivity index (χ1v) is 5.56. The van der Waals surface area contributed by atoms with Gasteiger partial charge in [0.15, 0.2) is 0 Å². The van der Waals surface area contributed by atoms with Gasteiger partial charge in [-0.15, -0.1) is 0 Å². The lowest BCUT2D eigenvalue weighted by atomic mass is 9.51. The second-order valence-electron chi connectivity index (χ2n) is 6.14. The molecule has 0 amide bonds. The van der Waals surface area contributed by atoms with Crippen LogP contribution in [0.4, 0.5) is 0 Å². The van der Waals surface area contributed by atoms with Gasteiger partial charge in [0.25, 0.3) is 0 Å². The third kappa shape index (κ3) is 0.812. The molecule has 0 aromatic carbocycles. The largest absolute Gasteiger partial charge is 0.299 e. The lowest BCUT2D eigenvalue weighted by Gasteiger charge is -2.52. The van der Waals surface area contributed by atoms with Crippen molar-refractivity contribution >= 4 is 5.78 Å². The van der Waals surface area contributed by atoms with Gasteiger partial charge in [-0.3, -0.25) is 4.79 Å². The van der Waals surface area contributed by atoms with Gasteiger partial charge in [-0.1, -0.05) is 13.8 Å². The number of carbonyl (C=O) groups excluding carboxylic acids is 1. The predicted octanol–water partition coefficient (Wildman–Crippen LogP) is 2.79. The molecule has 0 aromatic heterocycles.